The maximum absolute atomic E-state index is 11.2. The maximum atomic E-state index is 11.2. The van der Waals surface area contributed by atoms with Crippen molar-refractivity contribution >= 4 is 11.6 Å². The second kappa shape index (κ2) is 3.70. The molecular formula is C11H14N2O. The third-order valence-corrected chi connectivity index (χ3v) is 2.67. The van der Waals surface area contributed by atoms with E-state index in [-0.39, 0.29) is 11.9 Å². The van der Waals surface area contributed by atoms with Crippen LogP contribution in [0.15, 0.2) is 30.3 Å². The summed E-state index contributed by atoms with van der Waals surface area (Å²) < 4.78 is 0. The standard InChI is InChI=1S/C11H14N2O/c12-11(14)10-7-4-8-13(10)9-5-2-1-3-6-9/h1-3,5-6,10H,4,7-8H2,(H2,12,14)/t10-/m0/s1. The van der Waals surface area contributed by atoms with Gasteiger partial charge in [0.15, 0.2) is 0 Å². The maximum Gasteiger partial charge on any atom is 0.240 e. The predicted molar refractivity (Wildman–Crippen MR) is 56.0 cm³/mol. The molecule has 2 rings (SSSR count). The Morgan fingerprint density at radius 2 is 2.07 bits per heavy atom. The molecule has 74 valence electrons. The molecule has 0 bridgehead atoms. The highest BCUT2D eigenvalue weighted by Gasteiger charge is 2.28. The molecule has 0 radical (unpaired) electrons. The summed E-state index contributed by atoms with van der Waals surface area (Å²) in [7, 11) is 0. The summed E-state index contributed by atoms with van der Waals surface area (Å²) in [6.45, 7) is 0.928. The van der Waals surface area contributed by atoms with Gasteiger partial charge in [0.05, 0.1) is 0 Å². The molecule has 0 unspecified atom stereocenters. The van der Waals surface area contributed by atoms with Crippen LogP contribution in [0.25, 0.3) is 0 Å². The molecule has 0 aliphatic carbocycles. The van der Waals surface area contributed by atoms with Crippen molar-refractivity contribution in [2.45, 2.75) is 18.9 Å². The Morgan fingerprint density at radius 1 is 1.36 bits per heavy atom. The molecule has 3 heteroatoms. The first-order valence-electron chi connectivity index (χ1n) is 4.90. The van der Waals surface area contributed by atoms with Gasteiger partial charge in [-0.2, -0.15) is 0 Å². The Bertz CT molecular complexity index is 323. The number of primary amides is 1. The molecule has 1 aromatic rings. The van der Waals surface area contributed by atoms with Crippen LogP contribution in [0.4, 0.5) is 5.69 Å². The summed E-state index contributed by atoms with van der Waals surface area (Å²) in [6, 6.07) is 9.84. The van der Waals surface area contributed by atoms with E-state index in [9.17, 15) is 4.79 Å². The van der Waals surface area contributed by atoms with Crippen molar-refractivity contribution in [3.8, 4) is 0 Å². The summed E-state index contributed by atoms with van der Waals surface area (Å²) in [5.74, 6) is -0.216. The molecule has 1 aliphatic rings. The van der Waals surface area contributed by atoms with Crippen molar-refractivity contribution in [3.63, 3.8) is 0 Å². The number of amides is 1. The summed E-state index contributed by atoms with van der Waals surface area (Å²) >= 11 is 0. The molecule has 1 fully saturated rings. The lowest BCUT2D eigenvalue weighted by Gasteiger charge is -2.24. The van der Waals surface area contributed by atoms with Crippen LogP contribution in [0.3, 0.4) is 0 Å². The van der Waals surface area contributed by atoms with Crippen LogP contribution in [0.2, 0.25) is 0 Å². The monoisotopic (exact) mass is 190 g/mol. The Morgan fingerprint density at radius 3 is 2.71 bits per heavy atom. The molecule has 1 aliphatic heterocycles. The second-order valence-corrected chi connectivity index (χ2v) is 3.59. The molecular weight excluding hydrogens is 176 g/mol. The van der Waals surface area contributed by atoms with Gasteiger partial charge in [-0.3, -0.25) is 4.79 Å². The van der Waals surface area contributed by atoms with Crippen LogP contribution in [0.5, 0.6) is 0 Å². The quantitative estimate of drug-likeness (QED) is 0.760. The first kappa shape index (κ1) is 9.06. The molecule has 1 heterocycles. The minimum Gasteiger partial charge on any atom is -0.368 e. The number of benzene rings is 1. The number of anilines is 1. The number of para-hydroxylation sites is 1. The number of nitrogens with two attached hydrogens (primary N) is 1. The lowest BCUT2D eigenvalue weighted by atomic mass is 10.2. The molecule has 0 spiro atoms. The molecule has 0 aromatic heterocycles. The predicted octanol–water partition coefficient (Wildman–Crippen LogP) is 1.14. The second-order valence-electron chi connectivity index (χ2n) is 3.59. The number of rotatable bonds is 2. The molecule has 1 saturated heterocycles. The molecule has 1 aromatic carbocycles. The number of nitrogens with zero attached hydrogens (tertiary/aromatic N) is 1. The molecule has 3 nitrogen and oxygen atoms in total. The van der Waals surface area contributed by atoms with Crippen LogP contribution >= 0.6 is 0 Å². The Kier molecular flexibility index (Phi) is 2.39. The average Bonchev–Trinajstić information content (AvgIpc) is 2.67. The van der Waals surface area contributed by atoms with E-state index in [1.165, 1.54) is 0 Å². The number of hydrogen-bond acceptors (Lipinski definition) is 2. The first-order valence-corrected chi connectivity index (χ1v) is 4.90. The van der Waals surface area contributed by atoms with Gasteiger partial charge >= 0.3 is 0 Å². The highest BCUT2D eigenvalue weighted by molar-refractivity contribution is 5.84. The zero-order valence-corrected chi connectivity index (χ0v) is 8.02. The van der Waals surface area contributed by atoms with Crippen molar-refractivity contribution in [1.82, 2.24) is 0 Å². The van der Waals surface area contributed by atoms with Gasteiger partial charge in [-0.15, -0.1) is 0 Å². The summed E-state index contributed by atoms with van der Waals surface area (Å²) in [6.07, 6.45) is 1.92. The van der Waals surface area contributed by atoms with E-state index in [2.05, 4.69) is 4.90 Å². The highest BCUT2D eigenvalue weighted by atomic mass is 16.1. The minimum absolute atomic E-state index is 0.114. The number of carbonyl (C=O) groups is 1. The Hall–Kier alpha value is -1.51. The molecule has 2 N–H and O–H groups in total. The van der Waals surface area contributed by atoms with Gasteiger partial charge in [0.1, 0.15) is 6.04 Å². The largest absolute Gasteiger partial charge is 0.368 e. The van der Waals surface area contributed by atoms with Gasteiger partial charge in [0, 0.05) is 12.2 Å². The van der Waals surface area contributed by atoms with E-state index in [1.807, 2.05) is 30.3 Å². The fourth-order valence-electron chi connectivity index (χ4n) is 1.99. The Labute approximate surface area is 83.5 Å². The fourth-order valence-corrected chi connectivity index (χ4v) is 1.99. The summed E-state index contributed by atoms with van der Waals surface area (Å²) in [5.41, 5.74) is 6.44. The molecule has 1 amide bonds. The SMILES string of the molecule is NC(=O)[C@@H]1CCCN1c1ccccc1. The van der Waals surface area contributed by atoms with Gasteiger partial charge in [-0.05, 0) is 25.0 Å². The summed E-state index contributed by atoms with van der Waals surface area (Å²) in [4.78, 5) is 13.3. The molecule has 0 saturated carbocycles. The van der Waals surface area contributed by atoms with Gasteiger partial charge in [-0.1, -0.05) is 18.2 Å². The van der Waals surface area contributed by atoms with Gasteiger partial charge in [0.25, 0.3) is 0 Å². The zero-order valence-electron chi connectivity index (χ0n) is 8.02. The van der Waals surface area contributed by atoms with E-state index < -0.39 is 0 Å². The van der Waals surface area contributed by atoms with Crippen molar-refractivity contribution in [2.24, 2.45) is 5.73 Å². The third kappa shape index (κ3) is 1.58. The van der Waals surface area contributed by atoms with E-state index in [0.29, 0.717) is 0 Å². The van der Waals surface area contributed by atoms with Crippen LogP contribution in [0, 0.1) is 0 Å². The van der Waals surface area contributed by atoms with Gasteiger partial charge in [0.2, 0.25) is 5.91 Å². The average molecular weight is 190 g/mol. The van der Waals surface area contributed by atoms with Crippen molar-refractivity contribution in [3.05, 3.63) is 30.3 Å². The first-order chi connectivity index (χ1) is 6.79. The zero-order chi connectivity index (χ0) is 9.97. The number of carbonyl (C=O) groups excluding carboxylic acids is 1. The third-order valence-electron chi connectivity index (χ3n) is 2.67. The Balaban J connectivity index is 2.22. The lowest BCUT2D eigenvalue weighted by molar-refractivity contribution is -0.119. The number of hydrogen-bond donors (Lipinski definition) is 1. The van der Waals surface area contributed by atoms with E-state index >= 15 is 0 Å². The van der Waals surface area contributed by atoms with Crippen LogP contribution < -0.4 is 10.6 Å². The van der Waals surface area contributed by atoms with Crippen LogP contribution in [0.1, 0.15) is 12.8 Å². The van der Waals surface area contributed by atoms with Crippen LogP contribution in [-0.4, -0.2) is 18.5 Å². The topological polar surface area (TPSA) is 46.3 Å². The smallest absolute Gasteiger partial charge is 0.240 e. The molecule has 14 heavy (non-hydrogen) atoms. The van der Waals surface area contributed by atoms with Crippen molar-refractivity contribution in [1.29, 1.82) is 0 Å². The van der Waals surface area contributed by atoms with E-state index in [0.717, 1.165) is 25.1 Å². The minimum atomic E-state index is -0.216. The summed E-state index contributed by atoms with van der Waals surface area (Å²) in [5, 5.41) is 0. The van der Waals surface area contributed by atoms with Crippen molar-refractivity contribution in [2.75, 3.05) is 11.4 Å². The highest BCUT2D eigenvalue weighted by Crippen LogP contribution is 2.24. The van der Waals surface area contributed by atoms with Crippen molar-refractivity contribution < 1.29 is 4.79 Å². The fraction of sp³-hybridized carbons (Fsp3) is 0.364. The molecule has 1 atom stereocenters. The van der Waals surface area contributed by atoms with Gasteiger partial charge < -0.3 is 10.6 Å². The normalized spacial score (nSPS) is 21.1. The van der Waals surface area contributed by atoms with E-state index in [4.69, 9.17) is 5.73 Å². The van der Waals surface area contributed by atoms with Gasteiger partial charge in [-0.25, -0.2) is 0 Å². The van der Waals surface area contributed by atoms with E-state index in [1.54, 1.807) is 0 Å². The lowest BCUT2D eigenvalue weighted by Crippen LogP contribution is -2.40. The van der Waals surface area contributed by atoms with Crippen LogP contribution in [-0.2, 0) is 4.79 Å².